The largest absolute Gasteiger partial charge is 0.465 e. The summed E-state index contributed by atoms with van der Waals surface area (Å²) in [5.74, 6) is 0.328. The molecule has 200 valence electrons. The van der Waals surface area contributed by atoms with Crippen molar-refractivity contribution in [2.24, 2.45) is 0 Å². The lowest BCUT2D eigenvalue weighted by molar-refractivity contribution is -0.137. The highest BCUT2D eigenvalue weighted by Crippen LogP contribution is 2.33. The molecule has 3 rings (SSSR count). The van der Waals surface area contributed by atoms with Crippen LogP contribution in [0.1, 0.15) is 48.2 Å². The number of esters is 1. The number of benzene rings is 2. The number of rotatable bonds is 12. The second-order valence-corrected chi connectivity index (χ2v) is 8.45. The number of alkyl halides is 3. The number of hydrogen-bond acceptors (Lipinski definition) is 7. The summed E-state index contributed by atoms with van der Waals surface area (Å²) in [6.45, 7) is 3.48. The van der Waals surface area contributed by atoms with E-state index >= 15 is 0 Å². The zero-order valence-corrected chi connectivity index (χ0v) is 20.8. The van der Waals surface area contributed by atoms with Crippen molar-refractivity contribution in [1.82, 2.24) is 4.98 Å². The molecule has 0 spiro atoms. The van der Waals surface area contributed by atoms with Crippen LogP contribution in [0.3, 0.4) is 0 Å². The van der Waals surface area contributed by atoms with E-state index < -0.39 is 11.7 Å². The van der Waals surface area contributed by atoms with E-state index in [-0.39, 0.29) is 19.2 Å². The fourth-order valence-corrected chi connectivity index (χ4v) is 3.62. The maximum absolute atomic E-state index is 12.8. The van der Waals surface area contributed by atoms with Gasteiger partial charge in [-0.2, -0.15) is 13.2 Å². The smallest absolute Gasteiger partial charge is 0.416 e. The van der Waals surface area contributed by atoms with Crippen molar-refractivity contribution in [3.05, 3.63) is 83.0 Å². The van der Waals surface area contributed by atoms with Gasteiger partial charge in [0, 0.05) is 20.7 Å². The fraction of sp³-hybridized carbons (Fsp3) is 0.333. The van der Waals surface area contributed by atoms with Gasteiger partial charge in [0.2, 0.25) is 0 Å². The molecule has 0 aliphatic carbocycles. The first-order chi connectivity index (χ1) is 17.7. The minimum absolute atomic E-state index is 0. The number of nitrogen functional groups attached to an aromatic ring is 1. The number of aromatic nitrogens is 1. The summed E-state index contributed by atoms with van der Waals surface area (Å²) >= 11 is 0. The second kappa shape index (κ2) is 13.0. The first-order valence-electron chi connectivity index (χ1n) is 11.9. The van der Waals surface area contributed by atoms with Crippen molar-refractivity contribution in [3.63, 3.8) is 0 Å². The molecule has 0 bridgehead atoms. The number of nitrogens with zero attached hydrogens (tertiary/aromatic N) is 1. The number of hydrogen-bond donors (Lipinski definition) is 3. The molecular formula is C27H33F3N4O3. The Morgan fingerprint density at radius 1 is 1.11 bits per heavy atom. The first-order valence-corrected chi connectivity index (χ1v) is 11.9. The molecule has 0 saturated heterocycles. The van der Waals surface area contributed by atoms with E-state index in [2.05, 4.69) is 22.5 Å². The second-order valence-electron chi connectivity index (χ2n) is 8.45. The zero-order valence-electron chi connectivity index (χ0n) is 20.8. The van der Waals surface area contributed by atoms with Crippen LogP contribution in [0.15, 0.2) is 60.8 Å². The summed E-state index contributed by atoms with van der Waals surface area (Å²) in [6.07, 6.45) is -1.10. The van der Waals surface area contributed by atoms with Crippen molar-refractivity contribution in [2.45, 2.75) is 45.2 Å². The van der Waals surface area contributed by atoms with Crippen molar-refractivity contribution in [2.75, 3.05) is 30.0 Å². The Morgan fingerprint density at radius 2 is 1.92 bits per heavy atom. The lowest BCUT2D eigenvalue weighted by atomic mass is 10.1. The van der Waals surface area contributed by atoms with Gasteiger partial charge in [0.05, 0.1) is 42.3 Å². The molecule has 37 heavy (non-hydrogen) atoms. The average Bonchev–Trinajstić information content (AvgIpc) is 2.89. The molecule has 4 N–H and O–H groups in total. The van der Waals surface area contributed by atoms with Gasteiger partial charge in [-0.1, -0.05) is 25.1 Å². The number of pyridine rings is 1. The SMILES string of the molecule is CCC(CCNc1ccc(CNc2ccc(C(F)(F)F)cc2N)cn1)OCc1cccc(C(=O)OC)c1.[HH]. The van der Waals surface area contributed by atoms with Gasteiger partial charge in [0.25, 0.3) is 0 Å². The molecule has 10 heteroatoms. The Balaban J connectivity index is 0.00000507. The van der Waals surface area contributed by atoms with E-state index in [1.165, 1.54) is 13.2 Å². The number of ether oxygens (including phenoxy) is 2. The van der Waals surface area contributed by atoms with Gasteiger partial charge in [-0.25, -0.2) is 9.78 Å². The summed E-state index contributed by atoms with van der Waals surface area (Å²) in [5, 5.41) is 6.31. The number of carbonyl (C=O) groups is 1. The topological polar surface area (TPSA) is 98.5 Å². The minimum Gasteiger partial charge on any atom is -0.465 e. The molecule has 7 nitrogen and oxygen atoms in total. The Hall–Kier alpha value is -3.79. The third-order valence-corrected chi connectivity index (χ3v) is 5.75. The van der Waals surface area contributed by atoms with Gasteiger partial charge in [-0.05, 0) is 60.4 Å². The molecule has 0 aliphatic heterocycles. The summed E-state index contributed by atoms with van der Waals surface area (Å²) in [7, 11) is 1.35. The molecule has 0 saturated carbocycles. The van der Waals surface area contributed by atoms with E-state index in [1.807, 2.05) is 18.2 Å². The van der Waals surface area contributed by atoms with E-state index in [1.54, 1.807) is 24.4 Å². The Morgan fingerprint density at radius 3 is 2.57 bits per heavy atom. The van der Waals surface area contributed by atoms with Crippen molar-refractivity contribution in [3.8, 4) is 0 Å². The molecule has 1 aromatic heterocycles. The fourth-order valence-electron chi connectivity index (χ4n) is 3.62. The molecule has 1 unspecified atom stereocenters. The molecule has 1 heterocycles. The third kappa shape index (κ3) is 8.38. The third-order valence-electron chi connectivity index (χ3n) is 5.75. The van der Waals surface area contributed by atoms with Gasteiger partial charge in [0.15, 0.2) is 0 Å². The average molecular weight is 519 g/mol. The Bertz CT molecular complexity index is 1180. The zero-order chi connectivity index (χ0) is 26.8. The van der Waals surface area contributed by atoms with Crippen LogP contribution in [0.2, 0.25) is 0 Å². The van der Waals surface area contributed by atoms with Crippen LogP contribution in [0.5, 0.6) is 0 Å². The van der Waals surface area contributed by atoms with E-state index in [4.69, 9.17) is 15.2 Å². The summed E-state index contributed by atoms with van der Waals surface area (Å²) in [4.78, 5) is 16.1. The van der Waals surface area contributed by atoms with Crippen LogP contribution < -0.4 is 16.4 Å². The van der Waals surface area contributed by atoms with Crippen LogP contribution >= 0.6 is 0 Å². The molecule has 2 aromatic carbocycles. The standard InChI is InChI=1S/C27H31F3N4O3.H2/c1-3-22(37-17-18-5-4-6-20(13-18)26(35)36-2)11-12-32-25-10-7-19(16-34-25)15-33-24-9-8-21(14-23(24)31)27(28,29)30;/h4-10,13-14,16,22,33H,3,11-12,15,17,31H2,1-2H3,(H,32,34);1H. The summed E-state index contributed by atoms with van der Waals surface area (Å²) in [6, 6.07) is 14.1. The van der Waals surface area contributed by atoms with E-state index in [0.717, 1.165) is 36.1 Å². The van der Waals surface area contributed by atoms with Gasteiger partial charge in [0.1, 0.15) is 5.82 Å². The van der Waals surface area contributed by atoms with Crippen LogP contribution in [0, 0.1) is 0 Å². The van der Waals surface area contributed by atoms with Gasteiger partial charge < -0.3 is 25.8 Å². The quantitative estimate of drug-likeness (QED) is 0.196. The number of nitrogens with two attached hydrogens (primary N) is 1. The lowest BCUT2D eigenvalue weighted by Crippen LogP contribution is -2.17. The van der Waals surface area contributed by atoms with Gasteiger partial charge in [-0.15, -0.1) is 0 Å². The Kier molecular flexibility index (Phi) is 9.73. The van der Waals surface area contributed by atoms with Crippen LogP contribution in [-0.2, 0) is 28.8 Å². The number of halogens is 3. The number of anilines is 3. The Labute approximate surface area is 215 Å². The number of nitrogens with one attached hydrogen (secondary N) is 2. The molecule has 0 amide bonds. The molecule has 0 aliphatic rings. The maximum Gasteiger partial charge on any atom is 0.416 e. The minimum atomic E-state index is -4.43. The first kappa shape index (κ1) is 27.8. The molecule has 1 atom stereocenters. The van der Waals surface area contributed by atoms with Gasteiger partial charge in [-0.3, -0.25) is 0 Å². The summed E-state index contributed by atoms with van der Waals surface area (Å²) in [5.41, 5.74) is 7.69. The van der Waals surface area contributed by atoms with Crippen LogP contribution in [0.25, 0.3) is 0 Å². The summed E-state index contributed by atoms with van der Waals surface area (Å²) < 4.78 is 49.1. The van der Waals surface area contributed by atoms with Crippen LogP contribution in [-0.4, -0.2) is 30.7 Å². The lowest BCUT2D eigenvalue weighted by Gasteiger charge is -2.17. The van der Waals surface area contributed by atoms with Crippen LogP contribution in [0.4, 0.5) is 30.4 Å². The normalized spacial score (nSPS) is 12.1. The molecule has 3 aromatic rings. The van der Waals surface area contributed by atoms with E-state index in [9.17, 15) is 18.0 Å². The van der Waals surface area contributed by atoms with Gasteiger partial charge >= 0.3 is 12.1 Å². The van der Waals surface area contributed by atoms with Crippen molar-refractivity contribution < 1.29 is 28.9 Å². The van der Waals surface area contributed by atoms with Crippen molar-refractivity contribution >= 4 is 23.2 Å². The highest BCUT2D eigenvalue weighted by molar-refractivity contribution is 5.89. The molecular weight excluding hydrogens is 485 g/mol. The highest BCUT2D eigenvalue weighted by atomic mass is 19.4. The maximum atomic E-state index is 12.8. The highest BCUT2D eigenvalue weighted by Gasteiger charge is 2.30. The molecule has 0 fully saturated rings. The number of methoxy groups -OCH3 is 1. The van der Waals surface area contributed by atoms with Crippen molar-refractivity contribution in [1.29, 1.82) is 0 Å². The van der Waals surface area contributed by atoms with E-state index in [0.29, 0.717) is 36.8 Å². The molecule has 0 radical (unpaired) electrons. The monoisotopic (exact) mass is 518 g/mol. The predicted molar refractivity (Wildman–Crippen MR) is 139 cm³/mol. The number of carbonyl (C=O) groups excluding carboxylic acids is 1. The predicted octanol–water partition coefficient (Wildman–Crippen LogP) is 6.12.